The molecule has 0 fully saturated rings. The van der Waals surface area contributed by atoms with Gasteiger partial charge in [0.05, 0.1) is 5.75 Å². The summed E-state index contributed by atoms with van der Waals surface area (Å²) in [5.74, 6) is -2.09. The summed E-state index contributed by atoms with van der Waals surface area (Å²) in [5.41, 5.74) is -0.348. The quantitative estimate of drug-likeness (QED) is 0.553. The Morgan fingerprint density at radius 3 is 2.75 bits per heavy atom. The van der Waals surface area contributed by atoms with Crippen LogP contribution in [-0.2, 0) is 16.1 Å². The van der Waals surface area contributed by atoms with Gasteiger partial charge >= 0.3 is 5.69 Å². The van der Waals surface area contributed by atoms with Crippen molar-refractivity contribution >= 4 is 23.4 Å². The predicted molar refractivity (Wildman–Crippen MR) is 85.1 cm³/mol. The Balaban J connectivity index is 1.93. The third-order valence-corrected chi connectivity index (χ3v) is 3.91. The van der Waals surface area contributed by atoms with E-state index in [0.717, 1.165) is 23.9 Å². The van der Waals surface area contributed by atoms with Crippen molar-refractivity contribution in [2.45, 2.75) is 18.1 Å². The molecule has 0 atom stereocenters. The van der Waals surface area contributed by atoms with Crippen molar-refractivity contribution in [3.05, 3.63) is 40.3 Å². The van der Waals surface area contributed by atoms with Gasteiger partial charge in [-0.15, -0.1) is 5.10 Å². The zero-order chi connectivity index (χ0) is 17.5. The first-order chi connectivity index (χ1) is 11.5. The van der Waals surface area contributed by atoms with E-state index in [1.807, 2.05) is 0 Å². The van der Waals surface area contributed by atoms with Crippen molar-refractivity contribution in [2.24, 2.45) is 0 Å². The van der Waals surface area contributed by atoms with E-state index in [1.165, 1.54) is 4.57 Å². The van der Waals surface area contributed by atoms with Crippen molar-refractivity contribution in [3.63, 3.8) is 0 Å². The highest BCUT2D eigenvalue weighted by molar-refractivity contribution is 7.99. The fourth-order valence-corrected chi connectivity index (χ4v) is 2.70. The number of thioether (sulfide) groups is 1. The molecule has 130 valence electrons. The molecule has 7 nitrogen and oxygen atoms in total. The highest BCUT2D eigenvalue weighted by Crippen LogP contribution is 2.16. The van der Waals surface area contributed by atoms with Crippen LogP contribution in [0.2, 0.25) is 0 Å². The van der Waals surface area contributed by atoms with Crippen LogP contribution >= 0.6 is 11.8 Å². The molecular weight excluding hydrogens is 342 g/mol. The largest absolute Gasteiger partial charge is 0.385 e. The monoisotopic (exact) mass is 358 g/mol. The fourth-order valence-electron chi connectivity index (χ4n) is 1.93. The minimum absolute atomic E-state index is 0.0256. The van der Waals surface area contributed by atoms with Crippen molar-refractivity contribution in [3.8, 4) is 0 Å². The van der Waals surface area contributed by atoms with Crippen LogP contribution in [0.5, 0.6) is 0 Å². The maximum Gasteiger partial charge on any atom is 0.343 e. The van der Waals surface area contributed by atoms with Gasteiger partial charge in [0.15, 0.2) is 5.16 Å². The number of nitrogens with zero attached hydrogens (tertiary/aromatic N) is 2. The van der Waals surface area contributed by atoms with Crippen LogP contribution in [0.15, 0.2) is 28.2 Å². The maximum atomic E-state index is 13.1. The van der Waals surface area contributed by atoms with Gasteiger partial charge in [-0.3, -0.25) is 9.36 Å². The van der Waals surface area contributed by atoms with Gasteiger partial charge in [-0.1, -0.05) is 11.8 Å². The summed E-state index contributed by atoms with van der Waals surface area (Å²) in [6.45, 7) is 0.898. The van der Waals surface area contributed by atoms with Gasteiger partial charge in [-0.2, -0.15) is 0 Å². The maximum absolute atomic E-state index is 13.1. The number of anilines is 1. The van der Waals surface area contributed by atoms with Crippen LogP contribution in [0.4, 0.5) is 14.5 Å². The van der Waals surface area contributed by atoms with Gasteiger partial charge in [-0.05, 0) is 18.6 Å². The second-order valence-corrected chi connectivity index (χ2v) is 5.75. The summed E-state index contributed by atoms with van der Waals surface area (Å²) in [7, 11) is 1.56. The number of H-pyrrole nitrogens is 1. The van der Waals surface area contributed by atoms with E-state index in [1.54, 1.807) is 7.11 Å². The number of amides is 1. The molecular formula is C14H16F2N4O3S. The summed E-state index contributed by atoms with van der Waals surface area (Å²) < 4.78 is 32.5. The molecule has 0 saturated heterocycles. The van der Waals surface area contributed by atoms with Crippen LogP contribution in [0.25, 0.3) is 0 Å². The number of nitrogens with one attached hydrogen (secondary N) is 2. The van der Waals surface area contributed by atoms with Crippen LogP contribution in [0, 0.1) is 11.6 Å². The number of benzene rings is 1. The highest BCUT2D eigenvalue weighted by atomic mass is 32.2. The van der Waals surface area contributed by atoms with Gasteiger partial charge in [-0.25, -0.2) is 18.7 Å². The second kappa shape index (κ2) is 8.60. The summed E-state index contributed by atoms with van der Waals surface area (Å²) in [5, 5.41) is 8.91. The lowest BCUT2D eigenvalue weighted by Gasteiger charge is -2.06. The van der Waals surface area contributed by atoms with E-state index in [0.29, 0.717) is 30.8 Å². The molecule has 1 aromatic heterocycles. The number of ether oxygens (including phenoxy) is 1. The predicted octanol–water partition coefficient (Wildman–Crippen LogP) is 1.62. The van der Waals surface area contributed by atoms with Gasteiger partial charge < -0.3 is 10.1 Å². The summed E-state index contributed by atoms with van der Waals surface area (Å²) in [6, 6.07) is 2.74. The molecule has 0 aliphatic carbocycles. The van der Waals surface area contributed by atoms with Crippen LogP contribution < -0.4 is 11.0 Å². The van der Waals surface area contributed by atoms with Crippen LogP contribution in [0.3, 0.4) is 0 Å². The first kappa shape index (κ1) is 18.1. The van der Waals surface area contributed by atoms with Crippen molar-refractivity contribution in [1.82, 2.24) is 14.8 Å². The van der Waals surface area contributed by atoms with E-state index in [9.17, 15) is 18.4 Å². The summed E-state index contributed by atoms with van der Waals surface area (Å²) in [6.07, 6.45) is 0.623. The van der Waals surface area contributed by atoms with E-state index < -0.39 is 17.5 Å². The Morgan fingerprint density at radius 1 is 1.38 bits per heavy atom. The van der Waals surface area contributed by atoms with E-state index in [-0.39, 0.29) is 17.1 Å². The highest BCUT2D eigenvalue weighted by Gasteiger charge is 2.12. The third-order valence-electron chi connectivity index (χ3n) is 2.93. The minimum atomic E-state index is -0.780. The van der Waals surface area contributed by atoms with Crippen molar-refractivity contribution in [1.29, 1.82) is 0 Å². The number of hydrogen-bond donors (Lipinski definition) is 2. The Morgan fingerprint density at radius 2 is 2.08 bits per heavy atom. The first-order valence-corrected chi connectivity index (χ1v) is 8.01. The molecule has 0 unspecified atom stereocenters. The van der Waals surface area contributed by atoms with E-state index >= 15 is 0 Å². The molecule has 24 heavy (non-hydrogen) atoms. The molecule has 0 aliphatic heterocycles. The molecule has 1 heterocycles. The molecule has 0 spiro atoms. The average Bonchev–Trinajstić information content (AvgIpc) is 2.85. The zero-order valence-electron chi connectivity index (χ0n) is 12.8. The molecule has 2 N–H and O–H groups in total. The number of methoxy groups -OCH3 is 1. The number of carbonyl (C=O) groups excluding carboxylic acids is 1. The normalized spacial score (nSPS) is 10.8. The molecule has 0 bridgehead atoms. The summed E-state index contributed by atoms with van der Waals surface area (Å²) >= 11 is 1.04. The number of rotatable bonds is 8. The van der Waals surface area contributed by atoms with Gasteiger partial charge in [0, 0.05) is 32.0 Å². The number of aromatic nitrogens is 3. The molecule has 0 radical (unpaired) electrons. The van der Waals surface area contributed by atoms with Gasteiger partial charge in [0.1, 0.15) is 11.6 Å². The SMILES string of the molecule is COCCCn1c(SCC(=O)Nc2cc(F)cc(F)c2)n[nH]c1=O. The smallest absolute Gasteiger partial charge is 0.343 e. The molecule has 0 aliphatic rings. The van der Waals surface area contributed by atoms with Crippen LogP contribution in [0.1, 0.15) is 6.42 Å². The minimum Gasteiger partial charge on any atom is -0.385 e. The molecule has 2 aromatic rings. The van der Waals surface area contributed by atoms with Crippen molar-refractivity contribution in [2.75, 3.05) is 24.8 Å². The molecule has 2 rings (SSSR count). The molecule has 10 heteroatoms. The second-order valence-electron chi connectivity index (χ2n) is 4.80. The summed E-state index contributed by atoms with van der Waals surface area (Å²) in [4.78, 5) is 23.5. The fraction of sp³-hybridized carbons (Fsp3) is 0.357. The molecule has 1 aromatic carbocycles. The zero-order valence-corrected chi connectivity index (χ0v) is 13.7. The van der Waals surface area contributed by atoms with Crippen LogP contribution in [-0.4, -0.2) is 40.1 Å². The third kappa shape index (κ3) is 5.17. The van der Waals surface area contributed by atoms with Crippen molar-refractivity contribution < 1.29 is 18.3 Å². The standard InChI is InChI=1S/C14H16F2N4O3S/c1-23-4-2-3-20-13(22)18-19-14(20)24-8-12(21)17-11-6-9(15)5-10(16)7-11/h5-7H,2-4,8H2,1H3,(H,17,21)(H,18,22). The van der Waals surface area contributed by atoms with Gasteiger partial charge in [0.2, 0.25) is 5.91 Å². The van der Waals surface area contributed by atoms with E-state index in [4.69, 9.17) is 4.74 Å². The Hall–Kier alpha value is -2.20. The lowest BCUT2D eigenvalue weighted by molar-refractivity contribution is -0.113. The lowest BCUT2D eigenvalue weighted by atomic mass is 10.3. The Bertz CT molecular complexity index is 742. The first-order valence-electron chi connectivity index (χ1n) is 7.02. The lowest BCUT2D eigenvalue weighted by Crippen LogP contribution is -2.19. The average molecular weight is 358 g/mol. The Labute approximate surface area is 140 Å². The molecule has 0 saturated carbocycles. The van der Waals surface area contributed by atoms with Gasteiger partial charge in [0.25, 0.3) is 0 Å². The number of aromatic amines is 1. The topological polar surface area (TPSA) is 89.0 Å². The van der Waals surface area contributed by atoms with E-state index in [2.05, 4.69) is 15.5 Å². The number of carbonyl (C=O) groups is 1. The Kier molecular flexibility index (Phi) is 6.50. The number of hydrogen-bond acceptors (Lipinski definition) is 5. The molecule has 1 amide bonds. The number of halogens is 2.